The first-order valence-corrected chi connectivity index (χ1v) is 8.89. The van der Waals surface area contributed by atoms with Gasteiger partial charge in [0.05, 0.1) is 0 Å². The Morgan fingerprint density at radius 2 is 1.75 bits per heavy atom. The first kappa shape index (κ1) is 15.7. The van der Waals surface area contributed by atoms with Crippen LogP contribution in [0.1, 0.15) is 27.2 Å². The van der Waals surface area contributed by atoms with Gasteiger partial charge >= 0.3 is 0 Å². The van der Waals surface area contributed by atoms with Crippen LogP contribution in [-0.2, 0) is 4.79 Å². The second-order valence-electron chi connectivity index (χ2n) is 7.98. The Hall–Kier alpha value is -1.84. The molecule has 0 radical (unpaired) electrons. The highest BCUT2D eigenvalue weighted by atomic mass is 19.1. The van der Waals surface area contributed by atoms with Gasteiger partial charge in [0.25, 0.3) is 0 Å². The summed E-state index contributed by atoms with van der Waals surface area (Å²) >= 11 is 0. The Morgan fingerprint density at radius 3 is 2.33 bits per heavy atom. The molecule has 2 saturated carbocycles. The minimum Gasteiger partial charge on any atom is -0.371 e. The molecule has 0 aromatic heterocycles. The molecule has 3 fully saturated rings. The standard InChI is InChI=1S/C20H25FN2O/c1-13(18-17(24)12-16-19(18)20(16,2)3)22-8-10-23(11-9-22)15-6-4-14(21)5-7-15/h4-7,16,19H,8-12H2,1-3H3/t16-,19+/m0/s1. The van der Waals surface area contributed by atoms with E-state index in [0.717, 1.165) is 43.9 Å². The van der Waals surface area contributed by atoms with Gasteiger partial charge in [-0.05, 0) is 48.4 Å². The lowest BCUT2D eigenvalue weighted by Crippen LogP contribution is -2.46. The average molecular weight is 328 g/mol. The Bertz CT molecular complexity index is 699. The van der Waals surface area contributed by atoms with Crippen LogP contribution in [0.25, 0.3) is 0 Å². The summed E-state index contributed by atoms with van der Waals surface area (Å²) in [6.07, 6.45) is 0.736. The minimum absolute atomic E-state index is 0.195. The number of hydrogen-bond acceptors (Lipinski definition) is 3. The van der Waals surface area contributed by atoms with Gasteiger partial charge in [-0.15, -0.1) is 0 Å². The van der Waals surface area contributed by atoms with E-state index in [9.17, 15) is 9.18 Å². The number of Topliss-reactive ketones (excluding diaryl/α,β-unsaturated/α-hetero) is 1. The maximum Gasteiger partial charge on any atom is 0.161 e. The zero-order chi connectivity index (χ0) is 17.1. The lowest BCUT2D eigenvalue weighted by molar-refractivity contribution is -0.115. The number of carbonyl (C=O) groups is 1. The third-order valence-corrected chi connectivity index (χ3v) is 6.40. The number of anilines is 1. The summed E-state index contributed by atoms with van der Waals surface area (Å²) in [5.41, 5.74) is 3.67. The fourth-order valence-electron chi connectivity index (χ4n) is 4.73. The van der Waals surface area contributed by atoms with Crippen LogP contribution in [0.2, 0.25) is 0 Å². The summed E-state index contributed by atoms with van der Waals surface area (Å²) in [5, 5.41) is 0. The number of fused-ring (bicyclic) bond motifs is 1. The third-order valence-electron chi connectivity index (χ3n) is 6.40. The van der Waals surface area contributed by atoms with Crippen molar-refractivity contribution in [2.24, 2.45) is 17.3 Å². The molecule has 4 rings (SSSR count). The molecule has 0 N–H and O–H groups in total. The molecule has 2 atom stereocenters. The number of rotatable bonds is 2. The van der Waals surface area contributed by atoms with E-state index in [1.54, 1.807) is 0 Å². The van der Waals surface area contributed by atoms with Gasteiger partial charge in [-0.2, -0.15) is 0 Å². The van der Waals surface area contributed by atoms with Gasteiger partial charge in [-0.1, -0.05) is 13.8 Å². The number of piperazine rings is 1. The number of benzene rings is 1. The van der Waals surface area contributed by atoms with Gasteiger partial charge in [0, 0.05) is 49.6 Å². The molecule has 1 aromatic rings. The average Bonchev–Trinajstić information content (AvgIpc) is 2.92. The molecular weight excluding hydrogens is 303 g/mol. The van der Waals surface area contributed by atoms with Crippen LogP contribution in [0.3, 0.4) is 0 Å². The first-order valence-electron chi connectivity index (χ1n) is 8.89. The van der Waals surface area contributed by atoms with Crippen molar-refractivity contribution in [1.82, 2.24) is 4.90 Å². The largest absolute Gasteiger partial charge is 0.371 e. The highest BCUT2D eigenvalue weighted by Gasteiger charge is 2.65. The Labute approximate surface area is 143 Å². The zero-order valence-electron chi connectivity index (χ0n) is 14.7. The quantitative estimate of drug-likeness (QED) is 0.777. The van der Waals surface area contributed by atoms with E-state index in [0.29, 0.717) is 23.0 Å². The van der Waals surface area contributed by atoms with Crippen LogP contribution in [0.15, 0.2) is 35.5 Å². The monoisotopic (exact) mass is 328 g/mol. The van der Waals surface area contributed by atoms with Crippen molar-refractivity contribution in [3.05, 3.63) is 41.4 Å². The number of nitrogens with zero attached hydrogens (tertiary/aromatic N) is 2. The minimum atomic E-state index is -0.195. The van der Waals surface area contributed by atoms with E-state index in [1.165, 1.54) is 17.8 Å². The van der Waals surface area contributed by atoms with Crippen LogP contribution in [0, 0.1) is 23.1 Å². The molecule has 24 heavy (non-hydrogen) atoms. The van der Waals surface area contributed by atoms with Crippen molar-refractivity contribution >= 4 is 11.5 Å². The number of halogens is 1. The smallest absolute Gasteiger partial charge is 0.161 e. The molecular formula is C20H25FN2O. The maximum absolute atomic E-state index is 13.1. The normalized spacial score (nSPS) is 30.4. The second-order valence-corrected chi connectivity index (χ2v) is 7.98. The highest BCUT2D eigenvalue weighted by molar-refractivity contribution is 6.01. The lowest BCUT2D eigenvalue weighted by Gasteiger charge is -2.38. The SMILES string of the molecule is CC(=C1C(=O)C[C@H]2[C@H]1C2(C)C)N1CCN(c2ccc(F)cc2)CC1. The topological polar surface area (TPSA) is 23.6 Å². The molecule has 3 aliphatic rings. The summed E-state index contributed by atoms with van der Waals surface area (Å²) < 4.78 is 13.1. The highest BCUT2D eigenvalue weighted by Crippen LogP contribution is 2.68. The van der Waals surface area contributed by atoms with Crippen molar-refractivity contribution in [1.29, 1.82) is 0 Å². The van der Waals surface area contributed by atoms with Crippen LogP contribution in [0.4, 0.5) is 10.1 Å². The van der Waals surface area contributed by atoms with E-state index in [4.69, 9.17) is 0 Å². The second kappa shape index (κ2) is 5.33. The molecule has 1 aliphatic heterocycles. The van der Waals surface area contributed by atoms with Crippen molar-refractivity contribution in [3.8, 4) is 0 Å². The number of ketones is 1. The summed E-state index contributed by atoms with van der Waals surface area (Å²) in [6, 6.07) is 6.71. The van der Waals surface area contributed by atoms with Crippen LogP contribution < -0.4 is 4.90 Å². The number of hydrogen-bond donors (Lipinski definition) is 0. The van der Waals surface area contributed by atoms with Crippen molar-refractivity contribution in [2.45, 2.75) is 27.2 Å². The summed E-state index contributed by atoms with van der Waals surface area (Å²) in [5.74, 6) is 1.21. The van der Waals surface area contributed by atoms with E-state index < -0.39 is 0 Å². The summed E-state index contributed by atoms with van der Waals surface area (Å²) in [7, 11) is 0. The molecule has 4 heteroatoms. The van der Waals surface area contributed by atoms with Crippen LogP contribution >= 0.6 is 0 Å². The molecule has 0 unspecified atom stereocenters. The van der Waals surface area contributed by atoms with E-state index in [2.05, 4.69) is 30.6 Å². The summed E-state index contributed by atoms with van der Waals surface area (Å²) in [4.78, 5) is 17.0. The van der Waals surface area contributed by atoms with E-state index in [-0.39, 0.29) is 5.82 Å². The van der Waals surface area contributed by atoms with E-state index in [1.807, 2.05) is 12.1 Å². The molecule has 1 saturated heterocycles. The van der Waals surface area contributed by atoms with Gasteiger partial charge < -0.3 is 9.80 Å². The zero-order valence-corrected chi connectivity index (χ0v) is 14.7. The Kier molecular flexibility index (Phi) is 3.48. The van der Waals surface area contributed by atoms with Gasteiger partial charge in [-0.25, -0.2) is 4.39 Å². The molecule has 128 valence electrons. The Morgan fingerprint density at radius 1 is 1.12 bits per heavy atom. The van der Waals surface area contributed by atoms with Gasteiger partial charge in [0.15, 0.2) is 5.78 Å². The fourth-order valence-corrected chi connectivity index (χ4v) is 4.73. The van der Waals surface area contributed by atoms with Crippen molar-refractivity contribution < 1.29 is 9.18 Å². The molecule has 1 heterocycles. The lowest BCUT2D eigenvalue weighted by atomic mass is 9.95. The molecule has 1 aromatic carbocycles. The van der Waals surface area contributed by atoms with Gasteiger partial charge in [-0.3, -0.25) is 4.79 Å². The van der Waals surface area contributed by atoms with Crippen LogP contribution in [-0.4, -0.2) is 36.9 Å². The van der Waals surface area contributed by atoms with Crippen molar-refractivity contribution in [2.75, 3.05) is 31.1 Å². The first-order chi connectivity index (χ1) is 11.4. The van der Waals surface area contributed by atoms with Crippen LogP contribution in [0.5, 0.6) is 0 Å². The van der Waals surface area contributed by atoms with Gasteiger partial charge in [0.1, 0.15) is 5.82 Å². The number of allylic oxidation sites excluding steroid dienone is 2. The third kappa shape index (κ3) is 2.35. The van der Waals surface area contributed by atoms with E-state index >= 15 is 0 Å². The molecule has 0 amide bonds. The predicted octanol–water partition coefficient (Wildman–Crippen LogP) is 3.47. The maximum atomic E-state index is 13.1. The molecule has 2 aliphatic carbocycles. The summed E-state index contributed by atoms with van der Waals surface area (Å²) in [6.45, 7) is 10.3. The predicted molar refractivity (Wildman–Crippen MR) is 93.3 cm³/mol. The molecule has 0 spiro atoms. The Balaban J connectivity index is 1.47. The molecule has 3 nitrogen and oxygen atoms in total. The van der Waals surface area contributed by atoms with Gasteiger partial charge in [0.2, 0.25) is 0 Å². The van der Waals surface area contributed by atoms with Crippen molar-refractivity contribution in [3.63, 3.8) is 0 Å². The number of carbonyl (C=O) groups excluding carboxylic acids is 1. The molecule has 0 bridgehead atoms. The fraction of sp³-hybridized carbons (Fsp3) is 0.550.